The average Bonchev–Trinajstić information content (AvgIpc) is 2.27. The summed E-state index contributed by atoms with van der Waals surface area (Å²) in [5.74, 6) is 0.748. The highest BCUT2D eigenvalue weighted by molar-refractivity contribution is 6.32. The lowest BCUT2D eigenvalue weighted by atomic mass is 9.98. The Morgan fingerprint density at radius 3 is 2.88 bits per heavy atom. The molecule has 0 amide bonds. The maximum Gasteiger partial charge on any atom is 0.138 e. The number of carbonyl (C=O) groups excluding carboxylic acids is 1. The van der Waals surface area contributed by atoms with Crippen LogP contribution in [0.1, 0.15) is 31.7 Å². The first-order chi connectivity index (χ1) is 8.06. The van der Waals surface area contributed by atoms with Gasteiger partial charge in [0.2, 0.25) is 0 Å². The molecule has 3 heteroatoms. The molecule has 0 fully saturated rings. The lowest BCUT2D eigenvalue weighted by molar-refractivity contribution is -0.108. The van der Waals surface area contributed by atoms with Gasteiger partial charge in [0.1, 0.15) is 18.6 Å². The molecule has 0 saturated carbocycles. The van der Waals surface area contributed by atoms with E-state index in [9.17, 15) is 4.79 Å². The summed E-state index contributed by atoms with van der Waals surface area (Å²) in [5.41, 5.74) is 1.88. The van der Waals surface area contributed by atoms with Crippen molar-refractivity contribution < 1.29 is 9.53 Å². The Morgan fingerprint density at radius 2 is 2.29 bits per heavy atom. The van der Waals surface area contributed by atoms with Gasteiger partial charge in [0.05, 0.1) is 5.02 Å². The van der Waals surface area contributed by atoms with Crippen molar-refractivity contribution in [3.8, 4) is 5.75 Å². The lowest BCUT2D eigenvalue weighted by Gasteiger charge is -2.14. The van der Waals surface area contributed by atoms with Crippen molar-refractivity contribution >= 4 is 17.9 Å². The number of halogens is 1. The van der Waals surface area contributed by atoms with E-state index in [0.717, 1.165) is 17.4 Å². The number of hydrogen-bond donors (Lipinski definition) is 0. The number of benzene rings is 1. The molecule has 0 spiro atoms. The van der Waals surface area contributed by atoms with Crippen LogP contribution in [-0.2, 0) is 4.79 Å². The fourth-order valence-corrected chi connectivity index (χ4v) is 1.86. The van der Waals surface area contributed by atoms with Crippen LogP contribution in [0.25, 0.3) is 0 Å². The summed E-state index contributed by atoms with van der Waals surface area (Å²) >= 11 is 6.25. The van der Waals surface area contributed by atoms with Crippen molar-refractivity contribution in [2.24, 2.45) is 0 Å². The Hall–Kier alpha value is -1.28. The van der Waals surface area contributed by atoms with Gasteiger partial charge < -0.3 is 9.53 Å². The van der Waals surface area contributed by atoms with Gasteiger partial charge in [-0.1, -0.05) is 37.2 Å². The van der Waals surface area contributed by atoms with E-state index in [1.807, 2.05) is 32.0 Å². The zero-order valence-corrected chi connectivity index (χ0v) is 11.0. The number of carbonyl (C=O) groups is 1. The zero-order chi connectivity index (χ0) is 12.8. The monoisotopic (exact) mass is 252 g/mol. The van der Waals surface area contributed by atoms with Gasteiger partial charge in [-0.3, -0.25) is 0 Å². The maximum atomic E-state index is 10.5. The van der Waals surface area contributed by atoms with Crippen LogP contribution in [0.2, 0.25) is 5.02 Å². The lowest BCUT2D eigenvalue weighted by Crippen LogP contribution is -2.01. The minimum atomic E-state index is 0.105. The van der Waals surface area contributed by atoms with E-state index in [2.05, 4.69) is 6.58 Å². The molecule has 2 nitrogen and oxygen atoms in total. The molecule has 1 atom stereocenters. The van der Waals surface area contributed by atoms with Crippen LogP contribution >= 0.6 is 11.6 Å². The molecule has 0 aliphatic heterocycles. The van der Waals surface area contributed by atoms with E-state index in [0.29, 0.717) is 23.8 Å². The first-order valence-electron chi connectivity index (χ1n) is 5.55. The molecule has 0 N–H and O–H groups in total. The third-order valence-corrected chi connectivity index (χ3v) is 2.85. The maximum absolute atomic E-state index is 10.5. The summed E-state index contributed by atoms with van der Waals surface area (Å²) in [7, 11) is 0. The first kappa shape index (κ1) is 13.8. The van der Waals surface area contributed by atoms with Gasteiger partial charge in [-0.25, -0.2) is 0 Å². The summed E-state index contributed by atoms with van der Waals surface area (Å²) in [6.07, 6.45) is 1.37. The predicted octanol–water partition coefficient (Wildman–Crippen LogP) is 3.99. The van der Waals surface area contributed by atoms with Gasteiger partial charge in [0, 0.05) is 6.42 Å². The highest BCUT2D eigenvalue weighted by Crippen LogP contribution is 2.33. The highest BCUT2D eigenvalue weighted by Gasteiger charge is 2.13. The Kier molecular flexibility index (Phi) is 5.23. The molecule has 92 valence electrons. The minimum Gasteiger partial charge on any atom is -0.488 e. The van der Waals surface area contributed by atoms with E-state index in [1.165, 1.54) is 0 Å². The van der Waals surface area contributed by atoms with Crippen LogP contribution in [-0.4, -0.2) is 12.9 Å². The van der Waals surface area contributed by atoms with Crippen molar-refractivity contribution in [2.75, 3.05) is 6.61 Å². The normalized spacial score (nSPS) is 11.9. The van der Waals surface area contributed by atoms with Crippen LogP contribution in [0.5, 0.6) is 5.75 Å². The molecular formula is C14H17ClO2. The first-order valence-corrected chi connectivity index (χ1v) is 5.93. The van der Waals surface area contributed by atoms with E-state index in [4.69, 9.17) is 16.3 Å². The number of ether oxygens (including phenoxy) is 1. The fourth-order valence-electron chi connectivity index (χ4n) is 1.49. The molecular weight excluding hydrogens is 236 g/mol. The van der Waals surface area contributed by atoms with Gasteiger partial charge >= 0.3 is 0 Å². The molecule has 0 aliphatic carbocycles. The van der Waals surface area contributed by atoms with E-state index in [1.54, 1.807) is 0 Å². The van der Waals surface area contributed by atoms with Crippen molar-refractivity contribution in [1.82, 2.24) is 0 Å². The fraction of sp³-hybridized carbons (Fsp3) is 0.357. The van der Waals surface area contributed by atoms with Crippen molar-refractivity contribution in [1.29, 1.82) is 0 Å². The molecule has 0 aliphatic rings. The van der Waals surface area contributed by atoms with Gasteiger partial charge in [0.25, 0.3) is 0 Å². The van der Waals surface area contributed by atoms with Gasteiger partial charge in [-0.2, -0.15) is 0 Å². The summed E-state index contributed by atoms with van der Waals surface area (Å²) in [4.78, 5) is 10.5. The molecule has 1 unspecified atom stereocenters. The Morgan fingerprint density at radius 1 is 1.59 bits per heavy atom. The molecule has 0 heterocycles. The van der Waals surface area contributed by atoms with Crippen LogP contribution in [0.4, 0.5) is 0 Å². The molecule has 0 aromatic heterocycles. The molecule has 1 aromatic carbocycles. The molecule has 1 aromatic rings. The van der Waals surface area contributed by atoms with Crippen molar-refractivity contribution in [3.05, 3.63) is 40.9 Å². The standard InChI is InChI=1S/C14H17ClO2/c1-10(2)9-17-13-6-4-5-12(14(13)15)11(3)7-8-16/h4-6,8,11H,1,7,9H2,2-3H3. The number of aldehydes is 1. The van der Waals surface area contributed by atoms with Crippen LogP contribution in [0.15, 0.2) is 30.4 Å². The largest absolute Gasteiger partial charge is 0.488 e. The molecule has 17 heavy (non-hydrogen) atoms. The predicted molar refractivity (Wildman–Crippen MR) is 70.9 cm³/mol. The minimum absolute atomic E-state index is 0.105. The summed E-state index contributed by atoms with van der Waals surface area (Å²) in [5, 5.41) is 0.586. The zero-order valence-electron chi connectivity index (χ0n) is 10.2. The average molecular weight is 253 g/mol. The molecule has 0 saturated heterocycles. The number of rotatable bonds is 6. The smallest absolute Gasteiger partial charge is 0.138 e. The quantitative estimate of drug-likeness (QED) is 0.565. The molecule has 1 rings (SSSR count). The molecule has 0 radical (unpaired) electrons. The van der Waals surface area contributed by atoms with Crippen LogP contribution in [0.3, 0.4) is 0 Å². The van der Waals surface area contributed by atoms with Crippen LogP contribution in [0, 0.1) is 0 Å². The van der Waals surface area contributed by atoms with Crippen LogP contribution < -0.4 is 4.74 Å². The van der Waals surface area contributed by atoms with E-state index in [-0.39, 0.29) is 5.92 Å². The molecule has 0 bridgehead atoms. The van der Waals surface area contributed by atoms with E-state index >= 15 is 0 Å². The van der Waals surface area contributed by atoms with Gasteiger partial charge in [-0.05, 0) is 30.0 Å². The Bertz CT molecular complexity index is 413. The number of hydrogen-bond acceptors (Lipinski definition) is 2. The third kappa shape index (κ3) is 3.90. The second-order valence-electron chi connectivity index (χ2n) is 4.21. The summed E-state index contributed by atoms with van der Waals surface area (Å²) in [6.45, 7) is 8.09. The topological polar surface area (TPSA) is 26.3 Å². The summed E-state index contributed by atoms with van der Waals surface area (Å²) < 4.78 is 5.55. The SMILES string of the molecule is C=C(C)COc1cccc(C(C)CC=O)c1Cl. The van der Waals surface area contributed by atoms with E-state index < -0.39 is 0 Å². The second kappa shape index (κ2) is 6.45. The third-order valence-electron chi connectivity index (χ3n) is 2.45. The second-order valence-corrected chi connectivity index (χ2v) is 4.59. The Balaban J connectivity index is 2.90. The van der Waals surface area contributed by atoms with Gasteiger partial charge in [-0.15, -0.1) is 0 Å². The summed E-state index contributed by atoms with van der Waals surface area (Å²) in [6, 6.07) is 5.63. The van der Waals surface area contributed by atoms with Gasteiger partial charge in [0.15, 0.2) is 0 Å². The van der Waals surface area contributed by atoms with Crippen molar-refractivity contribution in [2.45, 2.75) is 26.2 Å². The highest BCUT2D eigenvalue weighted by atomic mass is 35.5. The Labute approximate surface area is 107 Å². The van der Waals surface area contributed by atoms with Crippen molar-refractivity contribution in [3.63, 3.8) is 0 Å².